The minimum absolute atomic E-state index is 0.825. The van der Waals surface area contributed by atoms with E-state index < -0.39 is 0 Å². The second-order valence-corrected chi connectivity index (χ2v) is 7.54. The maximum absolute atomic E-state index is 4.35. The van der Waals surface area contributed by atoms with Crippen molar-refractivity contribution in [2.45, 2.75) is 20.3 Å². The van der Waals surface area contributed by atoms with Crippen LogP contribution in [0, 0.1) is 13.8 Å². The molecule has 1 aromatic carbocycles. The summed E-state index contributed by atoms with van der Waals surface area (Å²) in [4.78, 5) is 13.7. The van der Waals surface area contributed by atoms with Crippen molar-refractivity contribution >= 4 is 11.6 Å². The monoisotopic (exact) mass is 394 g/mol. The largest absolute Gasteiger partial charge is 0.369 e. The maximum Gasteiger partial charge on any atom is 0.191 e. The number of nitrogens with zero attached hydrogens (tertiary/aromatic N) is 4. The first-order chi connectivity index (χ1) is 14.2. The van der Waals surface area contributed by atoms with Crippen LogP contribution in [0.4, 0.5) is 5.69 Å². The van der Waals surface area contributed by atoms with Gasteiger partial charge in [0.1, 0.15) is 0 Å². The number of anilines is 1. The Labute approximate surface area is 175 Å². The molecule has 2 heterocycles. The molecule has 1 saturated heterocycles. The fourth-order valence-electron chi connectivity index (χ4n) is 3.70. The van der Waals surface area contributed by atoms with Crippen molar-refractivity contribution in [1.29, 1.82) is 0 Å². The van der Waals surface area contributed by atoms with Crippen LogP contribution in [-0.4, -0.2) is 68.7 Å². The lowest BCUT2D eigenvalue weighted by atomic mass is 10.1. The van der Waals surface area contributed by atoms with Gasteiger partial charge in [0.25, 0.3) is 0 Å². The number of pyridine rings is 1. The fourth-order valence-corrected chi connectivity index (χ4v) is 3.70. The van der Waals surface area contributed by atoms with Gasteiger partial charge in [-0.3, -0.25) is 14.9 Å². The first kappa shape index (κ1) is 21.1. The number of benzene rings is 1. The van der Waals surface area contributed by atoms with E-state index in [9.17, 15) is 0 Å². The summed E-state index contributed by atoms with van der Waals surface area (Å²) < 4.78 is 0. The Hall–Kier alpha value is -2.60. The number of aryl methyl sites for hydroxylation is 1. The van der Waals surface area contributed by atoms with Gasteiger partial charge in [-0.05, 0) is 43.2 Å². The fraction of sp³-hybridized carbons (Fsp3) is 0.478. The number of hydrogen-bond donors (Lipinski definition) is 2. The Balaban J connectivity index is 1.35. The molecule has 0 atom stereocenters. The second kappa shape index (κ2) is 10.8. The Morgan fingerprint density at radius 2 is 1.79 bits per heavy atom. The number of aliphatic imine (C=N–C) groups is 1. The molecule has 0 bridgehead atoms. The van der Waals surface area contributed by atoms with E-state index in [0.717, 1.165) is 63.9 Å². The van der Waals surface area contributed by atoms with Crippen LogP contribution in [-0.2, 0) is 6.42 Å². The van der Waals surface area contributed by atoms with Crippen LogP contribution in [0.25, 0.3) is 0 Å². The number of hydrogen-bond acceptors (Lipinski definition) is 4. The molecule has 3 rings (SSSR count). The van der Waals surface area contributed by atoms with Crippen LogP contribution in [0.1, 0.15) is 16.8 Å². The van der Waals surface area contributed by atoms with Crippen LogP contribution >= 0.6 is 0 Å². The van der Waals surface area contributed by atoms with Crippen molar-refractivity contribution in [3.05, 3.63) is 59.4 Å². The molecule has 2 aromatic rings. The summed E-state index contributed by atoms with van der Waals surface area (Å²) in [6.45, 7) is 11.5. The molecule has 6 heteroatoms. The summed E-state index contributed by atoms with van der Waals surface area (Å²) in [6, 6.07) is 12.6. The SMILES string of the molecule is CN=C(NCCc1ccccn1)NCCN1CCN(c2cccc(C)c2C)CC1. The lowest BCUT2D eigenvalue weighted by Crippen LogP contribution is -2.49. The summed E-state index contributed by atoms with van der Waals surface area (Å²) >= 11 is 0. The second-order valence-electron chi connectivity index (χ2n) is 7.54. The van der Waals surface area contributed by atoms with Crippen molar-refractivity contribution in [2.75, 3.05) is 57.8 Å². The minimum Gasteiger partial charge on any atom is -0.369 e. The Bertz CT molecular complexity index is 781. The smallest absolute Gasteiger partial charge is 0.191 e. The van der Waals surface area contributed by atoms with Crippen molar-refractivity contribution in [2.24, 2.45) is 4.99 Å². The van der Waals surface area contributed by atoms with Gasteiger partial charge in [-0.1, -0.05) is 18.2 Å². The highest BCUT2D eigenvalue weighted by Crippen LogP contribution is 2.23. The van der Waals surface area contributed by atoms with Gasteiger partial charge in [0, 0.05) is 76.9 Å². The van der Waals surface area contributed by atoms with Crippen molar-refractivity contribution in [1.82, 2.24) is 20.5 Å². The number of aromatic nitrogens is 1. The third-order valence-corrected chi connectivity index (χ3v) is 5.63. The highest BCUT2D eigenvalue weighted by molar-refractivity contribution is 5.79. The van der Waals surface area contributed by atoms with Crippen LogP contribution in [0.5, 0.6) is 0 Å². The van der Waals surface area contributed by atoms with E-state index in [1.807, 2.05) is 25.4 Å². The lowest BCUT2D eigenvalue weighted by molar-refractivity contribution is 0.261. The first-order valence-corrected chi connectivity index (χ1v) is 10.6. The van der Waals surface area contributed by atoms with Gasteiger partial charge >= 0.3 is 0 Å². The van der Waals surface area contributed by atoms with Gasteiger partial charge in [0.15, 0.2) is 5.96 Å². The molecule has 0 saturated carbocycles. The zero-order chi connectivity index (χ0) is 20.5. The molecule has 1 fully saturated rings. The van der Waals surface area contributed by atoms with E-state index >= 15 is 0 Å². The topological polar surface area (TPSA) is 55.8 Å². The van der Waals surface area contributed by atoms with Gasteiger partial charge in [-0.15, -0.1) is 0 Å². The average molecular weight is 395 g/mol. The van der Waals surface area contributed by atoms with Crippen LogP contribution < -0.4 is 15.5 Å². The van der Waals surface area contributed by atoms with Gasteiger partial charge in [-0.25, -0.2) is 0 Å². The highest BCUT2D eigenvalue weighted by Gasteiger charge is 2.18. The van der Waals surface area contributed by atoms with Gasteiger partial charge in [0.2, 0.25) is 0 Å². The van der Waals surface area contributed by atoms with Crippen LogP contribution in [0.15, 0.2) is 47.6 Å². The van der Waals surface area contributed by atoms with E-state index in [1.54, 1.807) is 0 Å². The predicted molar refractivity (Wildman–Crippen MR) is 122 cm³/mol. The van der Waals surface area contributed by atoms with Crippen molar-refractivity contribution in [3.8, 4) is 0 Å². The van der Waals surface area contributed by atoms with Crippen LogP contribution in [0.2, 0.25) is 0 Å². The molecule has 1 aromatic heterocycles. The molecule has 0 amide bonds. The van der Waals surface area contributed by atoms with Gasteiger partial charge < -0.3 is 15.5 Å². The average Bonchev–Trinajstić information content (AvgIpc) is 2.76. The third-order valence-electron chi connectivity index (χ3n) is 5.63. The van der Waals surface area contributed by atoms with Crippen LogP contribution in [0.3, 0.4) is 0 Å². The molecular weight excluding hydrogens is 360 g/mol. The number of rotatable bonds is 7. The summed E-state index contributed by atoms with van der Waals surface area (Å²) in [6.07, 6.45) is 2.73. The first-order valence-electron chi connectivity index (χ1n) is 10.6. The molecule has 0 unspecified atom stereocenters. The highest BCUT2D eigenvalue weighted by atomic mass is 15.3. The van der Waals surface area contributed by atoms with Crippen molar-refractivity contribution < 1.29 is 0 Å². The molecule has 6 nitrogen and oxygen atoms in total. The summed E-state index contributed by atoms with van der Waals surface area (Å²) in [5.74, 6) is 0.856. The molecule has 29 heavy (non-hydrogen) atoms. The molecule has 0 radical (unpaired) electrons. The molecule has 1 aliphatic heterocycles. The van der Waals surface area contributed by atoms with E-state index in [4.69, 9.17) is 0 Å². The van der Waals surface area contributed by atoms with E-state index in [0.29, 0.717) is 0 Å². The zero-order valence-corrected chi connectivity index (χ0v) is 18.0. The Morgan fingerprint density at radius 3 is 2.52 bits per heavy atom. The Morgan fingerprint density at radius 1 is 1.00 bits per heavy atom. The van der Waals surface area contributed by atoms with E-state index in [2.05, 4.69) is 68.5 Å². The zero-order valence-electron chi connectivity index (χ0n) is 18.0. The molecule has 1 aliphatic rings. The quantitative estimate of drug-likeness (QED) is 0.557. The molecule has 2 N–H and O–H groups in total. The standard InChI is InChI=1S/C23H34N6/c1-19-7-6-9-22(20(19)2)29-17-15-28(16-18-29)14-13-27-23(24-3)26-12-10-21-8-4-5-11-25-21/h4-9,11H,10,12-18H2,1-3H3,(H2,24,26,27). The summed E-state index contributed by atoms with van der Waals surface area (Å²) in [7, 11) is 1.82. The van der Waals surface area contributed by atoms with E-state index in [-0.39, 0.29) is 0 Å². The van der Waals surface area contributed by atoms with Gasteiger partial charge in [0.05, 0.1) is 0 Å². The lowest BCUT2D eigenvalue weighted by Gasteiger charge is -2.37. The summed E-state index contributed by atoms with van der Waals surface area (Å²) in [5, 5.41) is 6.79. The van der Waals surface area contributed by atoms with Gasteiger partial charge in [-0.2, -0.15) is 0 Å². The predicted octanol–water partition coefficient (Wildman–Crippen LogP) is 2.23. The molecular formula is C23H34N6. The van der Waals surface area contributed by atoms with Crippen molar-refractivity contribution in [3.63, 3.8) is 0 Å². The number of guanidine groups is 1. The number of nitrogens with one attached hydrogen (secondary N) is 2. The molecule has 156 valence electrons. The number of piperazine rings is 1. The molecule has 0 spiro atoms. The molecule has 0 aliphatic carbocycles. The summed E-state index contributed by atoms with van der Waals surface area (Å²) in [5.41, 5.74) is 5.26. The van der Waals surface area contributed by atoms with E-state index in [1.165, 1.54) is 16.8 Å². The third kappa shape index (κ3) is 6.19. The normalized spacial score (nSPS) is 15.4. The minimum atomic E-state index is 0.825. The maximum atomic E-state index is 4.35. The Kier molecular flexibility index (Phi) is 7.87.